The van der Waals surface area contributed by atoms with Crippen LogP contribution in [0, 0.1) is 23.7 Å². The molecule has 4 aliphatic carbocycles. The van der Waals surface area contributed by atoms with Crippen LogP contribution in [-0.4, -0.2) is 35.5 Å². The summed E-state index contributed by atoms with van der Waals surface area (Å²) in [6.45, 7) is 0. The molecular weight excluding hydrogens is 338 g/mol. The highest BCUT2D eigenvalue weighted by atomic mass is 16.5. The molecule has 1 saturated heterocycles. The topological polar surface area (TPSA) is 46.6 Å². The zero-order valence-corrected chi connectivity index (χ0v) is 15.8. The maximum Gasteiger partial charge on any atom is 0.331 e. The van der Waals surface area contributed by atoms with Gasteiger partial charge in [0.05, 0.1) is 5.54 Å². The van der Waals surface area contributed by atoms with E-state index in [9.17, 15) is 9.59 Å². The normalized spacial score (nSPS) is 39.7. The Bertz CT molecular complexity index is 756. The van der Waals surface area contributed by atoms with E-state index in [1.165, 1.54) is 38.2 Å². The molecule has 5 fully saturated rings. The molecule has 4 saturated carbocycles. The van der Waals surface area contributed by atoms with Gasteiger partial charge in [0.15, 0.2) is 6.10 Å². The third kappa shape index (κ3) is 2.64. The number of esters is 1. The van der Waals surface area contributed by atoms with E-state index in [-0.39, 0.29) is 11.4 Å². The lowest BCUT2D eigenvalue weighted by Gasteiger charge is -2.62. The summed E-state index contributed by atoms with van der Waals surface area (Å²) in [5, 5.41) is 0. The van der Waals surface area contributed by atoms with Crippen molar-refractivity contribution in [2.75, 3.05) is 7.05 Å². The average molecular weight is 365 g/mol. The number of carbonyl (C=O) groups excluding carboxylic acids is 2. The van der Waals surface area contributed by atoms with Crippen LogP contribution >= 0.6 is 0 Å². The second-order valence-corrected chi connectivity index (χ2v) is 9.07. The molecule has 1 aromatic carbocycles. The molecule has 5 aliphatic rings. The van der Waals surface area contributed by atoms with Crippen LogP contribution in [0.3, 0.4) is 0 Å². The van der Waals surface area contributed by atoms with Crippen molar-refractivity contribution in [1.82, 2.24) is 4.90 Å². The minimum Gasteiger partial charge on any atom is -0.449 e. The van der Waals surface area contributed by atoms with Gasteiger partial charge in [-0.05, 0) is 67.4 Å². The number of ether oxygens (including phenoxy) is 1. The van der Waals surface area contributed by atoms with Crippen LogP contribution in [0.15, 0.2) is 36.4 Å². The number of amides is 1. The van der Waals surface area contributed by atoms with Gasteiger partial charge in [-0.1, -0.05) is 30.3 Å². The summed E-state index contributed by atoms with van der Waals surface area (Å²) in [4.78, 5) is 27.2. The van der Waals surface area contributed by atoms with E-state index in [1.54, 1.807) is 6.08 Å². The first kappa shape index (κ1) is 17.0. The molecule has 4 bridgehead atoms. The number of likely N-dealkylation sites (tertiary alicyclic amines) is 1. The number of hydrogen-bond donors (Lipinski definition) is 0. The molecule has 0 aromatic heterocycles. The predicted molar refractivity (Wildman–Crippen MR) is 103 cm³/mol. The lowest BCUT2D eigenvalue weighted by Crippen LogP contribution is -2.63. The Kier molecular flexibility index (Phi) is 3.92. The van der Waals surface area contributed by atoms with Crippen LogP contribution in [-0.2, 0) is 14.3 Å². The summed E-state index contributed by atoms with van der Waals surface area (Å²) in [5.74, 6) is 2.46. The molecule has 0 N–H and O–H groups in total. The lowest BCUT2D eigenvalue weighted by molar-refractivity contribution is -0.153. The number of nitrogens with zero attached hydrogens (tertiary/aromatic N) is 1. The van der Waals surface area contributed by atoms with E-state index in [0.717, 1.165) is 17.4 Å². The summed E-state index contributed by atoms with van der Waals surface area (Å²) >= 11 is 0. The summed E-state index contributed by atoms with van der Waals surface area (Å²) in [5.41, 5.74) is 0.875. The SMILES string of the molecule is CN1C(=O)C(OC(=O)C=Cc2ccccc2)CC12C1CC3CC(C1)CC2C3. The van der Waals surface area contributed by atoms with Gasteiger partial charge in [-0.15, -0.1) is 0 Å². The fraction of sp³-hybridized carbons (Fsp3) is 0.565. The Hall–Kier alpha value is -2.10. The van der Waals surface area contributed by atoms with Crippen LogP contribution in [0.25, 0.3) is 6.08 Å². The first-order valence-electron chi connectivity index (χ1n) is 10.3. The zero-order valence-electron chi connectivity index (χ0n) is 15.8. The Morgan fingerprint density at radius 3 is 2.33 bits per heavy atom. The third-order valence-electron chi connectivity index (χ3n) is 7.76. The minimum absolute atomic E-state index is 0.0102. The number of rotatable bonds is 3. The Balaban J connectivity index is 1.31. The highest BCUT2D eigenvalue weighted by Gasteiger charge is 2.64. The van der Waals surface area contributed by atoms with E-state index in [0.29, 0.717) is 18.3 Å². The molecule has 1 spiro atoms. The van der Waals surface area contributed by atoms with Crippen LogP contribution in [0.2, 0.25) is 0 Å². The van der Waals surface area contributed by atoms with Crippen molar-refractivity contribution in [2.45, 2.75) is 50.2 Å². The molecule has 1 aromatic rings. The molecule has 1 amide bonds. The largest absolute Gasteiger partial charge is 0.449 e. The van der Waals surface area contributed by atoms with Crippen molar-refractivity contribution in [1.29, 1.82) is 0 Å². The molecule has 1 atom stereocenters. The standard InChI is InChI=1S/C23H27NO3/c1-24-22(26)20(27-21(25)8-7-15-5-3-2-4-6-15)14-23(24)18-10-16-9-17(12-18)13-19(23)11-16/h2-8,16-20H,9-14H2,1H3. The first-order chi connectivity index (χ1) is 13.1. The monoisotopic (exact) mass is 365 g/mol. The molecule has 1 heterocycles. The molecule has 4 nitrogen and oxygen atoms in total. The third-order valence-corrected chi connectivity index (χ3v) is 7.76. The van der Waals surface area contributed by atoms with E-state index in [1.807, 2.05) is 42.3 Å². The summed E-state index contributed by atoms with van der Waals surface area (Å²) < 4.78 is 5.63. The summed E-state index contributed by atoms with van der Waals surface area (Å²) in [6, 6.07) is 9.66. The van der Waals surface area contributed by atoms with Crippen LogP contribution in [0.5, 0.6) is 0 Å². The van der Waals surface area contributed by atoms with Gasteiger partial charge in [0.1, 0.15) is 0 Å². The van der Waals surface area contributed by atoms with E-state index < -0.39 is 12.1 Å². The van der Waals surface area contributed by atoms with Crippen molar-refractivity contribution in [3.63, 3.8) is 0 Å². The van der Waals surface area contributed by atoms with Crippen LogP contribution in [0.1, 0.15) is 44.1 Å². The molecule has 142 valence electrons. The van der Waals surface area contributed by atoms with Gasteiger partial charge in [-0.25, -0.2) is 4.79 Å². The minimum atomic E-state index is -0.625. The summed E-state index contributed by atoms with van der Waals surface area (Å²) in [6.07, 6.45) is 9.62. The fourth-order valence-electron chi connectivity index (χ4n) is 6.82. The lowest BCUT2D eigenvalue weighted by atomic mass is 9.48. The van der Waals surface area contributed by atoms with E-state index >= 15 is 0 Å². The highest BCUT2D eigenvalue weighted by Crippen LogP contribution is 2.62. The van der Waals surface area contributed by atoms with Crippen molar-refractivity contribution in [2.24, 2.45) is 23.7 Å². The Morgan fingerprint density at radius 1 is 1.07 bits per heavy atom. The smallest absolute Gasteiger partial charge is 0.331 e. The van der Waals surface area contributed by atoms with Crippen molar-refractivity contribution in [3.8, 4) is 0 Å². The predicted octanol–water partition coefficient (Wildman–Crippen LogP) is 3.67. The van der Waals surface area contributed by atoms with Crippen molar-refractivity contribution >= 4 is 18.0 Å². The molecule has 4 heteroatoms. The molecule has 27 heavy (non-hydrogen) atoms. The molecule has 0 radical (unpaired) electrons. The van der Waals surface area contributed by atoms with E-state index in [2.05, 4.69) is 0 Å². The van der Waals surface area contributed by atoms with Gasteiger partial charge in [0.2, 0.25) is 0 Å². The van der Waals surface area contributed by atoms with Gasteiger partial charge in [0.25, 0.3) is 5.91 Å². The number of benzene rings is 1. The van der Waals surface area contributed by atoms with Crippen LogP contribution in [0.4, 0.5) is 0 Å². The summed E-state index contributed by atoms with van der Waals surface area (Å²) in [7, 11) is 1.94. The molecular formula is C23H27NO3. The maximum atomic E-state index is 12.9. The number of hydrogen-bond acceptors (Lipinski definition) is 3. The Labute approximate surface area is 160 Å². The quantitative estimate of drug-likeness (QED) is 0.606. The van der Waals surface area contributed by atoms with E-state index in [4.69, 9.17) is 4.74 Å². The maximum absolute atomic E-state index is 12.9. The number of likely N-dealkylation sites (N-methyl/N-ethyl adjacent to an activating group) is 1. The average Bonchev–Trinajstić information content (AvgIpc) is 2.91. The Morgan fingerprint density at radius 2 is 1.70 bits per heavy atom. The second-order valence-electron chi connectivity index (χ2n) is 9.07. The zero-order chi connectivity index (χ0) is 18.6. The van der Waals surface area contributed by atoms with Gasteiger partial charge >= 0.3 is 5.97 Å². The van der Waals surface area contributed by atoms with Gasteiger partial charge in [-0.2, -0.15) is 0 Å². The van der Waals surface area contributed by atoms with Crippen molar-refractivity contribution in [3.05, 3.63) is 42.0 Å². The fourth-order valence-corrected chi connectivity index (χ4v) is 6.82. The van der Waals surface area contributed by atoms with Gasteiger partial charge < -0.3 is 9.64 Å². The highest BCUT2D eigenvalue weighted by molar-refractivity contribution is 5.91. The van der Waals surface area contributed by atoms with Crippen LogP contribution < -0.4 is 0 Å². The van der Waals surface area contributed by atoms with Gasteiger partial charge in [-0.3, -0.25) is 4.79 Å². The second kappa shape index (κ2) is 6.22. The molecule has 1 aliphatic heterocycles. The molecule has 6 rings (SSSR count). The number of carbonyl (C=O) groups is 2. The van der Waals surface area contributed by atoms with Gasteiger partial charge in [0, 0.05) is 19.5 Å². The first-order valence-corrected chi connectivity index (χ1v) is 10.3. The molecule has 1 unspecified atom stereocenters. The van der Waals surface area contributed by atoms with Crippen molar-refractivity contribution < 1.29 is 14.3 Å².